The van der Waals surface area contributed by atoms with E-state index in [2.05, 4.69) is 10.6 Å². The Bertz CT molecular complexity index is 835. The van der Waals surface area contributed by atoms with Crippen LogP contribution >= 0.6 is 11.6 Å². The number of rotatable bonds is 5. The number of urea groups is 1. The number of carbonyl (C=O) groups is 3. The highest BCUT2D eigenvalue weighted by Gasteiger charge is 2.28. The summed E-state index contributed by atoms with van der Waals surface area (Å²) in [4.78, 5) is 36.7. The average molecular weight is 372 g/mol. The second kappa shape index (κ2) is 7.58. The van der Waals surface area contributed by atoms with Gasteiger partial charge in [0.05, 0.1) is 19.1 Å². The summed E-state index contributed by atoms with van der Waals surface area (Å²) in [6, 6.07) is 13.5. The molecule has 1 unspecified atom stereocenters. The van der Waals surface area contributed by atoms with Crippen molar-refractivity contribution in [3.8, 4) is 0 Å². The van der Waals surface area contributed by atoms with E-state index >= 15 is 0 Å². The van der Waals surface area contributed by atoms with Crippen molar-refractivity contribution in [2.75, 3.05) is 6.54 Å². The molecule has 3 rings (SSSR count). The predicted octanol–water partition coefficient (Wildman–Crippen LogP) is 2.88. The lowest BCUT2D eigenvalue weighted by Gasteiger charge is -2.16. The van der Waals surface area contributed by atoms with E-state index in [1.807, 2.05) is 25.1 Å². The molecule has 1 heterocycles. The van der Waals surface area contributed by atoms with Gasteiger partial charge in [-0.05, 0) is 36.2 Å². The van der Waals surface area contributed by atoms with Gasteiger partial charge in [0.25, 0.3) is 5.91 Å². The van der Waals surface area contributed by atoms with Crippen molar-refractivity contribution in [2.24, 2.45) is 0 Å². The molecule has 0 bridgehead atoms. The van der Waals surface area contributed by atoms with Crippen molar-refractivity contribution in [3.63, 3.8) is 0 Å². The number of hydrogen-bond donors (Lipinski definition) is 2. The van der Waals surface area contributed by atoms with E-state index in [-0.39, 0.29) is 30.9 Å². The number of nitrogens with zero attached hydrogens (tertiary/aromatic N) is 1. The lowest BCUT2D eigenvalue weighted by Crippen LogP contribution is -2.30. The third-order valence-corrected chi connectivity index (χ3v) is 4.56. The SMILES string of the molecule is CC(NC(=O)c1ccc(CN2C(=O)CNC2=O)cc1)c1ccccc1Cl. The maximum atomic E-state index is 12.4. The minimum Gasteiger partial charge on any atom is -0.345 e. The molecule has 2 aromatic rings. The number of halogens is 1. The summed E-state index contributed by atoms with van der Waals surface area (Å²) in [5, 5.41) is 5.98. The van der Waals surface area contributed by atoms with Crippen molar-refractivity contribution in [2.45, 2.75) is 19.5 Å². The van der Waals surface area contributed by atoms with Crippen molar-refractivity contribution in [1.82, 2.24) is 15.5 Å². The first-order valence-electron chi connectivity index (χ1n) is 8.18. The van der Waals surface area contributed by atoms with E-state index in [0.29, 0.717) is 10.6 Å². The molecule has 1 aliphatic heterocycles. The largest absolute Gasteiger partial charge is 0.345 e. The second-order valence-corrected chi connectivity index (χ2v) is 6.46. The van der Waals surface area contributed by atoms with Gasteiger partial charge in [-0.25, -0.2) is 4.79 Å². The lowest BCUT2D eigenvalue weighted by atomic mass is 10.1. The summed E-state index contributed by atoms with van der Waals surface area (Å²) < 4.78 is 0. The fourth-order valence-electron chi connectivity index (χ4n) is 2.74. The normalized spacial score (nSPS) is 14.9. The Morgan fingerprint density at radius 2 is 1.88 bits per heavy atom. The van der Waals surface area contributed by atoms with Gasteiger partial charge in [0.1, 0.15) is 0 Å². The Labute approximate surface area is 156 Å². The first-order valence-corrected chi connectivity index (χ1v) is 8.56. The monoisotopic (exact) mass is 371 g/mol. The van der Waals surface area contributed by atoms with E-state index in [0.717, 1.165) is 16.0 Å². The number of nitrogens with one attached hydrogen (secondary N) is 2. The summed E-state index contributed by atoms with van der Waals surface area (Å²) in [6.07, 6.45) is 0. The maximum absolute atomic E-state index is 12.4. The van der Waals surface area contributed by atoms with Crippen LogP contribution in [0.4, 0.5) is 4.79 Å². The molecule has 1 saturated heterocycles. The number of carbonyl (C=O) groups excluding carboxylic acids is 3. The van der Waals surface area contributed by atoms with E-state index in [1.54, 1.807) is 30.3 Å². The van der Waals surface area contributed by atoms with Crippen molar-refractivity contribution >= 4 is 29.4 Å². The molecule has 0 aromatic heterocycles. The molecule has 26 heavy (non-hydrogen) atoms. The lowest BCUT2D eigenvalue weighted by molar-refractivity contribution is -0.125. The molecule has 0 saturated carbocycles. The summed E-state index contributed by atoms with van der Waals surface area (Å²) in [5.41, 5.74) is 2.11. The minimum absolute atomic E-state index is 0.0270. The zero-order valence-corrected chi connectivity index (χ0v) is 14.9. The number of amides is 4. The van der Waals surface area contributed by atoms with Gasteiger partial charge in [-0.1, -0.05) is 41.9 Å². The molecule has 2 aromatic carbocycles. The van der Waals surface area contributed by atoms with Crippen molar-refractivity contribution in [1.29, 1.82) is 0 Å². The fourth-order valence-corrected chi connectivity index (χ4v) is 3.04. The predicted molar refractivity (Wildman–Crippen MR) is 97.7 cm³/mol. The zero-order chi connectivity index (χ0) is 18.7. The summed E-state index contributed by atoms with van der Waals surface area (Å²) in [6.45, 7) is 2.08. The highest BCUT2D eigenvalue weighted by atomic mass is 35.5. The molecule has 7 heteroatoms. The molecule has 0 aliphatic carbocycles. The van der Waals surface area contributed by atoms with Gasteiger partial charge in [-0.3, -0.25) is 14.5 Å². The van der Waals surface area contributed by atoms with Crippen LogP contribution < -0.4 is 10.6 Å². The number of imide groups is 1. The summed E-state index contributed by atoms with van der Waals surface area (Å²) in [7, 11) is 0. The van der Waals surface area contributed by atoms with Gasteiger partial charge in [0, 0.05) is 10.6 Å². The van der Waals surface area contributed by atoms with Gasteiger partial charge in [-0.15, -0.1) is 0 Å². The molecule has 4 amide bonds. The standard InChI is InChI=1S/C19H18ClN3O3/c1-12(15-4-2-3-5-16(15)20)22-18(25)14-8-6-13(7-9-14)11-23-17(24)10-21-19(23)26/h2-9,12H,10-11H2,1H3,(H,21,26)(H,22,25). The van der Waals surface area contributed by atoms with Gasteiger partial charge in [-0.2, -0.15) is 0 Å². The van der Waals surface area contributed by atoms with Crippen LogP contribution in [0.15, 0.2) is 48.5 Å². The van der Waals surface area contributed by atoms with Crippen LogP contribution in [0.5, 0.6) is 0 Å². The van der Waals surface area contributed by atoms with E-state index in [4.69, 9.17) is 11.6 Å². The maximum Gasteiger partial charge on any atom is 0.324 e. The second-order valence-electron chi connectivity index (χ2n) is 6.05. The molecule has 134 valence electrons. The Kier molecular flexibility index (Phi) is 5.23. The topological polar surface area (TPSA) is 78.5 Å². The van der Waals surface area contributed by atoms with Crippen LogP contribution in [0.2, 0.25) is 5.02 Å². The molecular formula is C19H18ClN3O3. The number of benzene rings is 2. The van der Waals surface area contributed by atoms with Gasteiger partial charge in [0.15, 0.2) is 0 Å². The molecule has 0 radical (unpaired) electrons. The van der Waals surface area contributed by atoms with E-state index in [9.17, 15) is 14.4 Å². The Morgan fingerprint density at radius 3 is 2.50 bits per heavy atom. The number of hydrogen-bond acceptors (Lipinski definition) is 3. The molecule has 1 aliphatic rings. The summed E-state index contributed by atoms with van der Waals surface area (Å²) >= 11 is 6.16. The fraction of sp³-hybridized carbons (Fsp3) is 0.211. The van der Waals surface area contributed by atoms with Gasteiger partial charge in [0.2, 0.25) is 5.91 Å². The Balaban J connectivity index is 1.64. The van der Waals surface area contributed by atoms with Crippen LogP contribution in [0.25, 0.3) is 0 Å². The molecule has 2 N–H and O–H groups in total. The Morgan fingerprint density at radius 1 is 1.19 bits per heavy atom. The molecule has 1 atom stereocenters. The van der Waals surface area contributed by atoms with E-state index in [1.165, 1.54) is 0 Å². The highest BCUT2D eigenvalue weighted by molar-refractivity contribution is 6.31. The molecule has 6 nitrogen and oxygen atoms in total. The quantitative estimate of drug-likeness (QED) is 0.793. The third-order valence-electron chi connectivity index (χ3n) is 4.21. The van der Waals surface area contributed by atoms with Crippen LogP contribution in [0.3, 0.4) is 0 Å². The molecular weight excluding hydrogens is 354 g/mol. The summed E-state index contributed by atoms with van der Waals surface area (Å²) in [5.74, 6) is -0.482. The zero-order valence-electron chi connectivity index (χ0n) is 14.2. The van der Waals surface area contributed by atoms with Crippen LogP contribution in [-0.4, -0.2) is 29.3 Å². The van der Waals surface area contributed by atoms with Gasteiger partial charge >= 0.3 is 6.03 Å². The molecule has 0 spiro atoms. The van der Waals surface area contributed by atoms with Crippen molar-refractivity contribution < 1.29 is 14.4 Å². The minimum atomic E-state index is -0.398. The van der Waals surface area contributed by atoms with E-state index < -0.39 is 6.03 Å². The smallest absolute Gasteiger partial charge is 0.324 e. The highest BCUT2D eigenvalue weighted by Crippen LogP contribution is 2.22. The first kappa shape index (κ1) is 17.9. The average Bonchev–Trinajstić information content (AvgIpc) is 2.94. The van der Waals surface area contributed by atoms with Gasteiger partial charge < -0.3 is 10.6 Å². The van der Waals surface area contributed by atoms with Crippen LogP contribution in [-0.2, 0) is 11.3 Å². The third kappa shape index (κ3) is 3.86. The van der Waals surface area contributed by atoms with Crippen molar-refractivity contribution in [3.05, 3.63) is 70.2 Å². The molecule has 1 fully saturated rings. The first-order chi connectivity index (χ1) is 12.5. The van der Waals surface area contributed by atoms with Crippen LogP contribution in [0, 0.1) is 0 Å². The van der Waals surface area contributed by atoms with Crippen LogP contribution in [0.1, 0.15) is 34.5 Å². The Hall–Kier alpha value is -2.86.